The lowest BCUT2D eigenvalue weighted by Crippen LogP contribution is -2.62. The van der Waals surface area contributed by atoms with Crippen LogP contribution in [-0.4, -0.2) is 69.3 Å². The second-order valence-corrected chi connectivity index (χ2v) is 29.7. The molecular weight excluding hydrogens is 1380 g/mol. The standard InChI is InChI=1S/C82H85O19P3/c1-62-48-49-73(86-2)72(50-62)76-79(100-103(84,92-56-68-40-22-8-23-41-68)93-57-69-42-24-9-25-43-69)77(74(96-76)60-87-51-63-30-12-3-13-31-63)98-82-81(89-53-65-34-16-5-17-35-65)80(101-104(85,94-58-70-44-26-10-27-45-70)95-59-71-46-28-11-29-47-71)78(75(97-82)61-88-52-64-32-14-4-15-33-64)99-102(83,90-54-66-36-18-6-19-37-66)91-55-67-38-20-7-21-39-67/h3-50,74-82H,51-61H2,1-2H3/t74-,75-,76-,77-,78-,79+,80+,81-,82-/m1/s1. The SMILES string of the molecule is COc1ccc(C)cc1[C@H]1O[C@H](COCc2ccccc2)[C@@H](O[C@H]2O[C@H](COCc3ccccc3)[C@@H](OP(=O)(OCc3ccccc3)OCc3ccccc3)[C@H](OP(=O)(OCc3ccccc3)OCc3ccccc3)[C@H]2OCc2ccccc2)[C@H]1OP(=O)(OCc1ccccc1)OCc1ccccc1. The molecule has 0 radical (unpaired) electrons. The summed E-state index contributed by atoms with van der Waals surface area (Å²) in [6.45, 7) is -0.0540. The van der Waals surface area contributed by atoms with Crippen LogP contribution >= 0.6 is 23.5 Å². The van der Waals surface area contributed by atoms with Crippen molar-refractivity contribution in [1.29, 1.82) is 0 Å². The van der Waals surface area contributed by atoms with Crippen LogP contribution in [0, 0.1) is 6.92 Å². The molecule has 104 heavy (non-hydrogen) atoms. The van der Waals surface area contributed by atoms with Gasteiger partial charge in [0.2, 0.25) is 0 Å². The van der Waals surface area contributed by atoms with E-state index in [9.17, 15) is 0 Å². The van der Waals surface area contributed by atoms with Crippen molar-refractivity contribution in [2.24, 2.45) is 0 Å². The van der Waals surface area contributed by atoms with Gasteiger partial charge in [-0.15, -0.1) is 0 Å². The van der Waals surface area contributed by atoms with Gasteiger partial charge in [0.05, 0.1) is 79.8 Å². The Bertz CT molecular complexity index is 4160. The van der Waals surface area contributed by atoms with Gasteiger partial charge in [0.1, 0.15) is 54.6 Å². The van der Waals surface area contributed by atoms with Gasteiger partial charge >= 0.3 is 23.5 Å². The molecule has 9 atom stereocenters. The van der Waals surface area contributed by atoms with Gasteiger partial charge in [0.25, 0.3) is 0 Å². The van der Waals surface area contributed by atoms with E-state index >= 15 is 13.7 Å². The highest BCUT2D eigenvalue weighted by atomic mass is 31.2. The Hall–Kier alpha value is -7.91. The summed E-state index contributed by atoms with van der Waals surface area (Å²) in [6.07, 6.45) is -13.5. The molecule has 0 amide bonds. The Kier molecular flexibility index (Phi) is 28.0. The molecule has 0 bridgehead atoms. The molecule has 12 rings (SSSR count). The summed E-state index contributed by atoms with van der Waals surface area (Å²) in [5.41, 5.74) is 7.55. The first-order valence-electron chi connectivity index (χ1n) is 34.4. The third-order valence-electron chi connectivity index (χ3n) is 17.1. The normalized spacial score (nSPS) is 19.9. The van der Waals surface area contributed by atoms with Crippen molar-refractivity contribution in [3.63, 3.8) is 0 Å². The third kappa shape index (κ3) is 22.3. The molecular formula is C82H85O19P3. The smallest absolute Gasteiger partial charge is 0.475 e. The highest BCUT2D eigenvalue weighted by Crippen LogP contribution is 2.60. The van der Waals surface area contributed by atoms with Crippen LogP contribution in [0.5, 0.6) is 5.75 Å². The molecule has 542 valence electrons. The first-order chi connectivity index (χ1) is 50.9. The van der Waals surface area contributed by atoms with Crippen LogP contribution in [0.2, 0.25) is 0 Å². The maximum atomic E-state index is 16.5. The second kappa shape index (κ2) is 38.4. The lowest BCUT2D eigenvalue weighted by molar-refractivity contribution is -0.325. The monoisotopic (exact) mass is 1470 g/mol. The molecule has 0 unspecified atom stereocenters. The van der Waals surface area contributed by atoms with Crippen LogP contribution in [0.15, 0.2) is 291 Å². The van der Waals surface area contributed by atoms with Crippen molar-refractivity contribution in [1.82, 2.24) is 0 Å². The van der Waals surface area contributed by atoms with Crippen LogP contribution in [0.3, 0.4) is 0 Å². The third-order valence-corrected chi connectivity index (χ3v) is 21.3. The average molecular weight is 1470 g/mol. The first kappa shape index (κ1) is 75.8. The Morgan fingerprint density at radius 3 is 0.952 bits per heavy atom. The van der Waals surface area contributed by atoms with Gasteiger partial charge in [-0.3, -0.25) is 40.7 Å². The zero-order valence-electron chi connectivity index (χ0n) is 57.8. The van der Waals surface area contributed by atoms with Gasteiger partial charge in [0, 0.05) is 5.56 Å². The number of rotatable bonds is 39. The number of hydrogen-bond acceptors (Lipinski definition) is 19. The molecule has 0 aliphatic carbocycles. The molecule has 0 N–H and O–H groups in total. The van der Waals surface area contributed by atoms with E-state index in [1.54, 1.807) is 6.07 Å². The first-order valence-corrected chi connectivity index (χ1v) is 38.8. The minimum absolute atomic E-state index is 0.0401. The van der Waals surface area contributed by atoms with Gasteiger partial charge in [-0.05, 0) is 69.1 Å². The molecule has 22 heteroatoms. The number of aryl methyl sites for hydroxylation is 1. The van der Waals surface area contributed by atoms with E-state index in [1.165, 1.54) is 7.11 Å². The summed E-state index contributed by atoms with van der Waals surface area (Å²) in [5, 5.41) is 0. The fourth-order valence-electron chi connectivity index (χ4n) is 11.8. The Labute approximate surface area is 607 Å². The van der Waals surface area contributed by atoms with Gasteiger partial charge in [0.15, 0.2) is 6.29 Å². The summed E-state index contributed by atoms with van der Waals surface area (Å²) in [6, 6.07) is 88.9. The molecule has 10 aromatic rings. The number of hydrogen-bond donors (Lipinski definition) is 0. The lowest BCUT2D eigenvalue weighted by Gasteiger charge is -2.47. The summed E-state index contributed by atoms with van der Waals surface area (Å²) in [7, 11) is -13.2. The van der Waals surface area contributed by atoms with E-state index in [0.717, 1.165) is 16.7 Å². The number of phosphoric acid groups is 3. The molecule has 2 aliphatic rings. The summed E-state index contributed by atoms with van der Waals surface area (Å²) >= 11 is 0. The van der Waals surface area contributed by atoms with E-state index in [0.29, 0.717) is 50.3 Å². The van der Waals surface area contributed by atoms with Crippen molar-refractivity contribution in [3.8, 4) is 5.75 Å². The number of benzene rings is 10. The predicted molar refractivity (Wildman–Crippen MR) is 391 cm³/mol. The van der Waals surface area contributed by atoms with E-state index < -0.39 is 78.6 Å². The Balaban J connectivity index is 1.03. The van der Waals surface area contributed by atoms with Crippen LogP contribution in [0.25, 0.3) is 0 Å². The van der Waals surface area contributed by atoms with Crippen molar-refractivity contribution in [3.05, 3.63) is 352 Å². The Morgan fingerprint density at radius 2 is 0.615 bits per heavy atom. The number of methoxy groups -OCH3 is 1. The van der Waals surface area contributed by atoms with Crippen LogP contribution in [-0.2, 0) is 142 Å². The molecule has 2 saturated heterocycles. The van der Waals surface area contributed by atoms with Crippen molar-refractivity contribution >= 4 is 23.5 Å². The topological polar surface area (TPSA) is 199 Å². The number of ether oxygens (including phenoxy) is 7. The van der Waals surface area contributed by atoms with E-state index in [1.807, 2.05) is 292 Å². The highest BCUT2D eigenvalue weighted by Gasteiger charge is 2.59. The molecule has 10 aromatic carbocycles. The number of phosphoric ester groups is 3. The van der Waals surface area contributed by atoms with E-state index in [4.69, 9.17) is 73.9 Å². The van der Waals surface area contributed by atoms with Gasteiger partial charge in [-0.1, -0.05) is 285 Å². The van der Waals surface area contributed by atoms with Gasteiger partial charge in [-0.2, -0.15) is 0 Å². The maximum Gasteiger partial charge on any atom is 0.475 e. The van der Waals surface area contributed by atoms with Crippen LogP contribution in [0.1, 0.15) is 67.3 Å². The largest absolute Gasteiger partial charge is 0.496 e. The minimum Gasteiger partial charge on any atom is -0.496 e. The average Bonchev–Trinajstić information content (AvgIpc) is 1.47. The van der Waals surface area contributed by atoms with Crippen molar-refractivity contribution < 1.29 is 87.6 Å². The lowest BCUT2D eigenvalue weighted by atomic mass is 9.97. The molecule has 0 aromatic heterocycles. The van der Waals surface area contributed by atoms with Crippen molar-refractivity contribution in [2.75, 3.05) is 20.3 Å². The van der Waals surface area contributed by atoms with Crippen LogP contribution < -0.4 is 4.74 Å². The van der Waals surface area contributed by atoms with Gasteiger partial charge in [-0.25, -0.2) is 13.7 Å². The van der Waals surface area contributed by atoms with E-state index in [-0.39, 0.29) is 72.7 Å². The van der Waals surface area contributed by atoms with Crippen molar-refractivity contribution in [2.45, 2.75) is 122 Å². The van der Waals surface area contributed by atoms with E-state index in [2.05, 4.69) is 0 Å². The predicted octanol–water partition coefficient (Wildman–Crippen LogP) is 18.4. The quantitative estimate of drug-likeness (QED) is 0.0329. The molecule has 19 nitrogen and oxygen atoms in total. The molecule has 2 heterocycles. The molecule has 2 aliphatic heterocycles. The second-order valence-electron chi connectivity index (χ2n) is 24.9. The zero-order chi connectivity index (χ0) is 71.7. The fraction of sp³-hybridized carbons (Fsp3) is 0.268. The zero-order valence-corrected chi connectivity index (χ0v) is 60.5. The van der Waals surface area contributed by atoms with Gasteiger partial charge < -0.3 is 33.2 Å². The fourth-order valence-corrected chi connectivity index (χ4v) is 15.8. The summed E-state index contributed by atoms with van der Waals surface area (Å²) < 4.78 is 158. The maximum absolute atomic E-state index is 16.5. The Morgan fingerprint density at radius 1 is 0.317 bits per heavy atom. The van der Waals surface area contributed by atoms with Crippen LogP contribution in [0.4, 0.5) is 0 Å². The molecule has 2 fully saturated rings. The minimum atomic E-state index is -5.01. The summed E-state index contributed by atoms with van der Waals surface area (Å²) in [5.74, 6) is 0.404. The highest BCUT2D eigenvalue weighted by molar-refractivity contribution is 7.49. The molecule has 0 spiro atoms. The summed E-state index contributed by atoms with van der Waals surface area (Å²) in [4.78, 5) is 0. The molecule has 0 saturated carbocycles.